The molecule has 1 amide bonds. The van der Waals surface area contributed by atoms with Crippen LogP contribution < -0.4 is 10.1 Å². The zero-order chi connectivity index (χ0) is 30.0. The maximum atomic E-state index is 13.8. The lowest BCUT2D eigenvalue weighted by atomic mass is 10.0. The van der Waals surface area contributed by atoms with Crippen LogP contribution in [-0.2, 0) is 37.4 Å². The molecule has 224 valence electrons. The van der Waals surface area contributed by atoms with Crippen molar-refractivity contribution in [3.63, 3.8) is 0 Å². The Bertz CT molecular complexity index is 1440. The second-order valence-corrected chi connectivity index (χ2v) is 11.9. The Morgan fingerprint density at radius 1 is 0.976 bits per heavy atom. The number of sulfonamides is 1. The van der Waals surface area contributed by atoms with Crippen molar-refractivity contribution in [2.45, 2.75) is 55.7 Å². The first-order valence-electron chi connectivity index (χ1n) is 13.8. The highest BCUT2D eigenvalue weighted by molar-refractivity contribution is 7.89. The van der Waals surface area contributed by atoms with Crippen molar-refractivity contribution >= 4 is 21.9 Å². The standard InChI is InChI=1S/C31H34F2N2O6S/c32-17-7-19-40-26-15-13-23(14-16-26)20-28(31(37)41-22-24-8-2-1-3-9-24)34-30(36)29-12-4-5-18-35(29)42(38,39)27-11-6-10-25(33)21-27/h1-3,6,8-11,13-16,21,28-29H,4-5,7,12,17-20,22H2,(H,34,36). The molecule has 1 fully saturated rings. The van der Waals surface area contributed by atoms with Gasteiger partial charge in [0.1, 0.15) is 30.3 Å². The molecule has 1 N–H and O–H groups in total. The molecule has 0 bridgehead atoms. The number of ether oxygens (including phenoxy) is 2. The van der Waals surface area contributed by atoms with Gasteiger partial charge in [0.15, 0.2) is 0 Å². The Morgan fingerprint density at radius 2 is 1.74 bits per heavy atom. The first kappa shape index (κ1) is 31.1. The van der Waals surface area contributed by atoms with Crippen molar-refractivity contribution in [2.75, 3.05) is 19.8 Å². The highest BCUT2D eigenvalue weighted by atomic mass is 32.2. The number of nitrogens with zero attached hydrogens (tertiary/aromatic N) is 1. The molecule has 0 saturated carbocycles. The summed E-state index contributed by atoms with van der Waals surface area (Å²) in [6, 6.07) is 18.4. The van der Waals surface area contributed by atoms with E-state index in [-0.39, 0.29) is 43.9 Å². The minimum atomic E-state index is -4.18. The third-order valence-electron chi connectivity index (χ3n) is 6.89. The number of nitrogens with one attached hydrogen (secondary N) is 1. The molecule has 1 heterocycles. The molecule has 0 radical (unpaired) electrons. The molecule has 3 aromatic rings. The fourth-order valence-electron chi connectivity index (χ4n) is 4.71. The summed E-state index contributed by atoms with van der Waals surface area (Å²) >= 11 is 0. The zero-order valence-electron chi connectivity index (χ0n) is 23.1. The molecule has 42 heavy (non-hydrogen) atoms. The quantitative estimate of drug-likeness (QED) is 0.228. The molecule has 11 heteroatoms. The van der Waals surface area contributed by atoms with Crippen LogP contribution in [0.3, 0.4) is 0 Å². The predicted molar refractivity (Wildman–Crippen MR) is 152 cm³/mol. The maximum absolute atomic E-state index is 13.8. The Hall–Kier alpha value is -3.83. The van der Waals surface area contributed by atoms with Crippen LogP contribution in [0.25, 0.3) is 0 Å². The summed E-state index contributed by atoms with van der Waals surface area (Å²) in [5, 5.41) is 2.73. The van der Waals surface area contributed by atoms with Crippen molar-refractivity contribution in [2.24, 2.45) is 0 Å². The van der Waals surface area contributed by atoms with Gasteiger partial charge in [-0.05, 0) is 54.3 Å². The average Bonchev–Trinajstić information content (AvgIpc) is 3.01. The van der Waals surface area contributed by atoms with Gasteiger partial charge >= 0.3 is 5.97 Å². The van der Waals surface area contributed by atoms with E-state index in [2.05, 4.69) is 5.32 Å². The lowest BCUT2D eigenvalue weighted by Gasteiger charge is -2.34. The van der Waals surface area contributed by atoms with E-state index in [1.807, 2.05) is 18.2 Å². The summed E-state index contributed by atoms with van der Waals surface area (Å²) in [5.74, 6) is -1.47. The van der Waals surface area contributed by atoms with E-state index >= 15 is 0 Å². The van der Waals surface area contributed by atoms with Gasteiger partial charge in [0.25, 0.3) is 0 Å². The van der Waals surface area contributed by atoms with Gasteiger partial charge in [-0.25, -0.2) is 17.6 Å². The summed E-state index contributed by atoms with van der Waals surface area (Å²) in [4.78, 5) is 26.6. The molecule has 1 saturated heterocycles. The number of benzene rings is 3. The minimum absolute atomic E-state index is 0.00308. The van der Waals surface area contributed by atoms with Gasteiger partial charge in [-0.3, -0.25) is 9.18 Å². The Morgan fingerprint density at radius 3 is 2.45 bits per heavy atom. The number of piperidine rings is 1. The van der Waals surface area contributed by atoms with Crippen LogP contribution in [0, 0.1) is 5.82 Å². The van der Waals surface area contributed by atoms with Crippen LogP contribution in [0.2, 0.25) is 0 Å². The van der Waals surface area contributed by atoms with Gasteiger partial charge in [-0.1, -0.05) is 55.0 Å². The number of amides is 1. The topological polar surface area (TPSA) is 102 Å². The van der Waals surface area contributed by atoms with Crippen molar-refractivity contribution in [1.82, 2.24) is 9.62 Å². The number of hydrogen-bond acceptors (Lipinski definition) is 6. The van der Waals surface area contributed by atoms with Crippen LogP contribution in [0.15, 0.2) is 83.8 Å². The van der Waals surface area contributed by atoms with Gasteiger partial charge in [0, 0.05) is 19.4 Å². The summed E-state index contributed by atoms with van der Waals surface area (Å²) in [7, 11) is -4.18. The second kappa shape index (κ2) is 14.9. The number of halogens is 2. The summed E-state index contributed by atoms with van der Waals surface area (Å²) in [5.41, 5.74) is 1.47. The smallest absolute Gasteiger partial charge is 0.329 e. The monoisotopic (exact) mass is 600 g/mol. The Labute approximate surface area is 244 Å². The third-order valence-corrected chi connectivity index (χ3v) is 8.80. The first-order chi connectivity index (χ1) is 20.3. The average molecular weight is 601 g/mol. The van der Waals surface area contributed by atoms with Crippen molar-refractivity contribution in [3.05, 3.63) is 95.8 Å². The number of alkyl halides is 1. The molecule has 0 aliphatic carbocycles. The van der Waals surface area contributed by atoms with Gasteiger partial charge in [-0.2, -0.15) is 4.31 Å². The summed E-state index contributed by atoms with van der Waals surface area (Å²) in [6.45, 7) is -0.163. The lowest BCUT2D eigenvalue weighted by molar-refractivity contribution is -0.149. The van der Waals surface area contributed by atoms with E-state index in [0.717, 1.165) is 22.0 Å². The first-order valence-corrected chi connectivity index (χ1v) is 15.3. The maximum Gasteiger partial charge on any atom is 0.329 e. The number of carbonyl (C=O) groups is 2. The number of rotatable bonds is 13. The SMILES string of the molecule is O=C(OCc1ccccc1)C(Cc1ccc(OCCCF)cc1)NC(=O)C1CCCCN1S(=O)(=O)c1cccc(F)c1. The largest absolute Gasteiger partial charge is 0.494 e. The molecule has 0 aromatic heterocycles. The molecule has 2 unspecified atom stereocenters. The van der Waals surface area contributed by atoms with Crippen molar-refractivity contribution in [3.8, 4) is 5.75 Å². The summed E-state index contributed by atoms with van der Waals surface area (Å²) < 4.78 is 65.1. The van der Waals surface area contributed by atoms with Gasteiger partial charge < -0.3 is 14.8 Å². The molecule has 1 aliphatic rings. The predicted octanol–water partition coefficient (Wildman–Crippen LogP) is 4.58. The molecule has 2 atom stereocenters. The number of carbonyl (C=O) groups excluding carboxylic acids is 2. The molecule has 0 spiro atoms. The van der Waals surface area contributed by atoms with Crippen LogP contribution in [0.1, 0.15) is 36.8 Å². The van der Waals surface area contributed by atoms with Crippen molar-refractivity contribution < 1.29 is 36.3 Å². The number of esters is 1. The highest BCUT2D eigenvalue weighted by Crippen LogP contribution is 2.26. The molecule has 1 aliphatic heterocycles. The minimum Gasteiger partial charge on any atom is -0.494 e. The van der Waals surface area contributed by atoms with E-state index in [1.165, 1.54) is 12.1 Å². The van der Waals surface area contributed by atoms with Gasteiger partial charge in [0.2, 0.25) is 15.9 Å². The third kappa shape index (κ3) is 8.36. The highest BCUT2D eigenvalue weighted by Gasteiger charge is 2.39. The normalized spacial score (nSPS) is 16.4. The van der Waals surface area contributed by atoms with Gasteiger partial charge in [-0.15, -0.1) is 0 Å². The van der Waals surface area contributed by atoms with Gasteiger partial charge in [0.05, 0.1) is 18.2 Å². The molecular formula is C31H34F2N2O6S. The molecular weight excluding hydrogens is 566 g/mol. The van der Waals surface area contributed by atoms with E-state index in [0.29, 0.717) is 24.2 Å². The molecule has 8 nitrogen and oxygen atoms in total. The van der Waals surface area contributed by atoms with E-state index in [4.69, 9.17) is 9.47 Å². The molecule has 3 aromatic carbocycles. The Balaban J connectivity index is 1.52. The van der Waals surface area contributed by atoms with Crippen LogP contribution in [0.4, 0.5) is 8.78 Å². The Kier molecular flexibility index (Phi) is 11.0. The van der Waals surface area contributed by atoms with E-state index in [9.17, 15) is 26.8 Å². The van der Waals surface area contributed by atoms with E-state index < -0.39 is 46.5 Å². The molecule has 4 rings (SSSR count). The fraction of sp³-hybridized carbons (Fsp3) is 0.355. The van der Waals surface area contributed by atoms with Crippen LogP contribution in [-0.4, -0.2) is 56.5 Å². The zero-order valence-corrected chi connectivity index (χ0v) is 23.9. The fourth-order valence-corrected chi connectivity index (χ4v) is 6.40. The van der Waals surface area contributed by atoms with Crippen molar-refractivity contribution in [1.29, 1.82) is 0 Å². The lowest BCUT2D eigenvalue weighted by Crippen LogP contribution is -2.55. The van der Waals surface area contributed by atoms with Crippen LogP contribution in [0.5, 0.6) is 5.75 Å². The number of hydrogen-bond donors (Lipinski definition) is 1. The van der Waals surface area contributed by atoms with Crippen LogP contribution >= 0.6 is 0 Å². The summed E-state index contributed by atoms with van der Waals surface area (Å²) in [6.07, 6.45) is 1.75. The van der Waals surface area contributed by atoms with E-state index in [1.54, 1.807) is 36.4 Å². The second-order valence-electron chi connectivity index (χ2n) is 9.98.